The summed E-state index contributed by atoms with van der Waals surface area (Å²) in [5.41, 5.74) is 4.51. The molecule has 5 aromatic rings. The average molecular weight is 512 g/mol. The minimum atomic E-state index is -0.402. The minimum absolute atomic E-state index is 0.316. The summed E-state index contributed by atoms with van der Waals surface area (Å²) in [6.07, 6.45) is 5.21. The van der Waals surface area contributed by atoms with Crippen molar-refractivity contribution < 1.29 is 4.39 Å². The number of halogens is 2. The number of benzene rings is 1. The van der Waals surface area contributed by atoms with E-state index in [1.165, 1.54) is 12.1 Å². The molecule has 1 aromatic carbocycles. The Morgan fingerprint density at radius 1 is 0.838 bits per heavy atom. The maximum absolute atomic E-state index is 14.7. The largest absolute Gasteiger partial charge is 0.353 e. The van der Waals surface area contributed by atoms with E-state index >= 15 is 0 Å². The van der Waals surface area contributed by atoms with Crippen molar-refractivity contribution in [1.29, 1.82) is 0 Å². The number of hydrogen-bond acceptors (Lipinski definition) is 7. The Hall–Kier alpha value is -4.01. The zero-order chi connectivity index (χ0) is 25.4. The first-order valence-electron chi connectivity index (χ1n) is 12.0. The van der Waals surface area contributed by atoms with Gasteiger partial charge < -0.3 is 9.80 Å². The van der Waals surface area contributed by atoms with Gasteiger partial charge in [0.25, 0.3) is 0 Å². The number of nitrogens with zero attached hydrogens (tertiary/aromatic N) is 7. The maximum atomic E-state index is 14.7. The molecule has 1 fully saturated rings. The van der Waals surface area contributed by atoms with Gasteiger partial charge in [0.05, 0.1) is 11.4 Å². The number of anilines is 1. The molecule has 0 spiro atoms. The molecule has 0 radical (unpaired) electrons. The third-order valence-corrected chi connectivity index (χ3v) is 6.85. The zero-order valence-electron chi connectivity index (χ0n) is 20.1. The molecule has 0 bridgehead atoms. The predicted octanol–water partition coefficient (Wildman–Crippen LogP) is 5.36. The zero-order valence-corrected chi connectivity index (χ0v) is 20.9. The molecule has 0 N–H and O–H groups in total. The molecule has 0 amide bonds. The molecule has 184 valence electrons. The van der Waals surface area contributed by atoms with Crippen LogP contribution in [0.25, 0.3) is 44.7 Å². The summed E-state index contributed by atoms with van der Waals surface area (Å²) in [7, 11) is 2.13. The number of rotatable bonds is 4. The number of fused-ring (bicyclic) bond motifs is 1. The fraction of sp³-hybridized carbons (Fsp3) is 0.179. The number of aromatic nitrogens is 5. The lowest BCUT2D eigenvalue weighted by Gasteiger charge is -2.32. The molecule has 37 heavy (non-hydrogen) atoms. The van der Waals surface area contributed by atoms with Crippen LogP contribution in [0.1, 0.15) is 0 Å². The van der Waals surface area contributed by atoms with Gasteiger partial charge in [-0.15, -0.1) is 10.2 Å². The Labute approximate surface area is 218 Å². The standard InChI is InChI=1S/C28H23ClFN7/c1-36-9-11-37(12-10-36)27-7-6-25(34-35-27)19-13-18(16-31-17-19)22-15-26(23-14-20(29)4-5-24(23)30)33-28-21(22)3-2-8-32-28/h2-8,13-17H,9-12H2,1H3. The van der Waals surface area contributed by atoms with Crippen molar-refractivity contribution in [2.75, 3.05) is 38.1 Å². The van der Waals surface area contributed by atoms with Crippen molar-refractivity contribution in [3.05, 3.63) is 84.0 Å². The first-order valence-corrected chi connectivity index (χ1v) is 12.4. The van der Waals surface area contributed by atoms with E-state index in [2.05, 4.69) is 42.0 Å². The lowest BCUT2D eigenvalue weighted by Crippen LogP contribution is -2.44. The van der Waals surface area contributed by atoms with E-state index in [1.807, 2.05) is 36.4 Å². The van der Waals surface area contributed by atoms with Crippen LogP contribution in [0.15, 0.2) is 73.2 Å². The van der Waals surface area contributed by atoms with Gasteiger partial charge in [0.15, 0.2) is 11.5 Å². The van der Waals surface area contributed by atoms with E-state index in [4.69, 9.17) is 11.6 Å². The van der Waals surface area contributed by atoms with Crippen molar-refractivity contribution >= 4 is 28.5 Å². The second kappa shape index (κ2) is 9.80. The molecule has 5 heterocycles. The molecular formula is C28H23ClFN7. The van der Waals surface area contributed by atoms with Crippen LogP contribution in [0.3, 0.4) is 0 Å². The van der Waals surface area contributed by atoms with Gasteiger partial charge in [-0.25, -0.2) is 14.4 Å². The highest BCUT2D eigenvalue weighted by molar-refractivity contribution is 6.30. The van der Waals surface area contributed by atoms with E-state index in [0.29, 0.717) is 21.9 Å². The van der Waals surface area contributed by atoms with Crippen molar-refractivity contribution in [3.63, 3.8) is 0 Å². The van der Waals surface area contributed by atoms with Gasteiger partial charge in [0, 0.05) is 71.9 Å². The third kappa shape index (κ3) is 4.73. The first kappa shape index (κ1) is 23.4. The molecule has 6 rings (SSSR count). The van der Waals surface area contributed by atoms with E-state index in [1.54, 1.807) is 24.7 Å². The predicted molar refractivity (Wildman–Crippen MR) is 144 cm³/mol. The molecule has 1 saturated heterocycles. The van der Waals surface area contributed by atoms with Gasteiger partial charge >= 0.3 is 0 Å². The van der Waals surface area contributed by atoms with E-state index in [0.717, 1.165) is 59.8 Å². The number of pyridine rings is 3. The highest BCUT2D eigenvalue weighted by Crippen LogP contribution is 2.34. The van der Waals surface area contributed by atoms with Crippen LogP contribution in [0, 0.1) is 5.82 Å². The molecule has 1 aliphatic rings. The lowest BCUT2D eigenvalue weighted by molar-refractivity contribution is 0.312. The first-order chi connectivity index (χ1) is 18.0. The van der Waals surface area contributed by atoms with Crippen LogP contribution in [0.2, 0.25) is 5.02 Å². The Balaban J connectivity index is 1.39. The fourth-order valence-electron chi connectivity index (χ4n) is 4.54. The molecule has 4 aromatic heterocycles. The smallest absolute Gasteiger partial charge is 0.160 e. The highest BCUT2D eigenvalue weighted by atomic mass is 35.5. The molecule has 1 aliphatic heterocycles. The van der Waals surface area contributed by atoms with Crippen LogP contribution >= 0.6 is 11.6 Å². The van der Waals surface area contributed by atoms with Crippen molar-refractivity contribution in [3.8, 4) is 33.6 Å². The summed E-state index contributed by atoms with van der Waals surface area (Å²) >= 11 is 6.16. The van der Waals surface area contributed by atoms with E-state index in [-0.39, 0.29) is 0 Å². The minimum Gasteiger partial charge on any atom is -0.353 e. The Morgan fingerprint density at radius 3 is 2.49 bits per heavy atom. The number of piperazine rings is 1. The SMILES string of the molecule is CN1CCN(c2ccc(-c3cncc(-c4cc(-c5cc(Cl)ccc5F)nc5ncccc45)c3)nn2)CC1. The molecule has 9 heteroatoms. The van der Waals surface area contributed by atoms with Gasteiger partial charge in [0.1, 0.15) is 5.82 Å². The van der Waals surface area contributed by atoms with Gasteiger partial charge in [-0.2, -0.15) is 0 Å². The van der Waals surface area contributed by atoms with Crippen molar-refractivity contribution in [2.24, 2.45) is 0 Å². The molecule has 0 unspecified atom stereocenters. The number of hydrogen-bond donors (Lipinski definition) is 0. The summed E-state index contributed by atoms with van der Waals surface area (Å²) in [6.45, 7) is 3.87. The van der Waals surface area contributed by atoms with Crippen LogP contribution in [-0.4, -0.2) is 63.3 Å². The van der Waals surface area contributed by atoms with Crippen molar-refractivity contribution in [2.45, 2.75) is 0 Å². The molecule has 0 aliphatic carbocycles. The maximum Gasteiger partial charge on any atom is 0.160 e. The third-order valence-electron chi connectivity index (χ3n) is 6.61. The van der Waals surface area contributed by atoms with Crippen LogP contribution in [0.5, 0.6) is 0 Å². The normalized spacial score (nSPS) is 14.3. The second-order valence-corrected chi connectivity index (χ2v) is 9.52. The van der Waals surface area contributed by atoms with E-state index < -0.39 is 5.82 Å². The van der Waals surface area contributed by atoms with Crippen LogP contribution < -0.4 is 4.90 Å². The molecule has 0 saturated carbocycles. The summed E-state index contributed by atoms with van der Waals surface area (Å²) in [5, 5.41) is 10.2. The van der Waals surface area contributed by atoms with Crippen LogP contribution in [0.4, 0.5) is 10.2 Å². The molecule has 0 atom stereocenters. The van der Waals surface area contributed by atoms with Gasteiger partial charge in [-0.3, -0.25) is 4.98 Å². The average Bonchev–Trinajstić information content (AvgIpc) is 2.94. The fourth-order valence-corrected chi connectivity index (χ4v) is 4.71. The summed E-state index contributed by atoms with van der Waals surface area (Å²) in [6, 6.07) is 16.1. The van der Waals surface area contributed by atoms with Crippen molar-refractivity contribution in [1.82, 2.24) is 30.0 Å². The number of likely N-dealkylation sites (N-methyl/N-ethyl adjacent to an activating group) is 1. The Morgan fingerprint density at radius 2 is 1.68 bits per heavy atom. The second-order valence-electron chi connectivity index (χ2n) is 9.08. The van der Waals surface area contributed by atoms with Gasteiger partial charge in [-0.05, 0) is 67.2 Å². The van der Waals surface area contributed by atoms with Crippen LogP contribution in [-0.2, 0) is 0 Å². The monoisotopic (exact) mass is 511 g/mol. The van der Waals surface area contributed by atoms with Gasteiger partial charge in [-0.1, -0.05) is 11.6 Å². The van der Waals surface area contributed by atoms with E-state index in [9.17, 15) is 4.39 Å². The lowest BCUT2D eigenvalue weighted by atomic mass is 9.99. The molecular weight excluding hydrogens is 489 g/mol. The Kier molecular flexibility index (Phi) is 6.20. The highest BCUT2D eigenvalue weighted by Gasteiger charge is 2.17. The van der Waals surface area contributed by atoms with Gasteiger partial charge in [0.2, 0.25) is 0 Å². The molecule has 7 nitrogen and oxygen atoms in total. The summed E-state index contributed by atoms with van der Waals surface area (Å²) < 4.78 is 14.7. The quantitative estimate of drug-likeness (QED) is 0.321. The topological polar surface area (TPSA) is 70.9 Å². The summed E-state index contributed by atoms with van der Waals surface area (Å²) in [4.78, 5) is 18.1. The Bertz CT molecular complexity index is 1580. The summed E-state index contributed by atoms with van der Waals surface area (Å²) in [5.74, 6) is 0.473.